The molecule has 0 bridgehead atoms. The quantitative estimate of drug-likeness (QED) is 0.0822. The molecular weight excluding hydrogens is 1350 g/mol. The largest absolute Gasteiger partial charge is 0.496 e. The number of benzene rings is 13. The van der Waals surface area contributed by atoms with E-state index < -0.39 is 37.7 Å². The number of ether oxygens (including phenoxy) is 1. The van der Waals surface area contributed by atoms with E-state index in [2.05, 4.69) is 371 Å². The molecule has 0 fully saturated rings. The molecule has 2 heterocycles. The van der Waals surface area contributed by atoms with Crippen LogP contribution in [0.4, 0.5) is 0 Å². The maximum absolute atomic E-state index is 11.1. The third-order valence-corrected chi connectivity index (χ3v) is 25.7. The van der Waals surface area contributed by atoms with E-state index in [9.17, 15) is 4.79 Å². The van der Waals surface area contributed by atoms with Gasteiger partial charge in [-0.1, -0.05) is 377 Å². The molecule has 97 heavy (non-hydrogen) atoms. The Balaban J connectivity index is 0.000000131. The summed E-state index contributed by atoms with van der Waals surface area (Å²) in [4.78, 5) is 11.1. The van der Waals surface area contributed by atoms with Crippen LogP contribution in [0, 0.1) is 0 Å². The van der Waals surface area contributed by atoms with Gasteiger partial charge in [-0.05, 0) is 126 Å². The average Bonchev–Trinajstić information content (AvgIpc) is 1.74. The molecule has 0 atom stereocenters. The Morgan fingerprint density at radius 2 is 0.577 bits per heavy atom. The van der Waals surface area contributed by atoms with Crippen LogP contribution in [0.15, 0.2) is 395 Å². The second-order valence-corrected chi connectivity index (χ2v) is 31.1. The summed E-state index contributed by atoms with van der Waals surface area (Å²) >= 11 is 0. The molecule has 15 rings (SSSR count). The topological polar surface area (TPSA) is 51.5 Å². The normalized spacial score (nSPS) is 10.9. The van der Waals surface area contributed by atoms with Crippen molar-refractivity contribution in [3.8, 4) is 17.0 Å². The number of aromatic nitrogens is 1. The molecule has 9 heteroatoms. The minimum atomic E-state index is -0.897. The zero-order chi connectivity index (χ0) is 65.9. The monoisotopic (exact) mass is 1420 g/mol. The summed E-state index contributed by atoms with van der Waals surface area (Å²) in [6.07, 6.45) is 4.31. The van der Waals surface area contributed by atoms with E-state index in [1.54, 1.807) is 25.4 Å². The van der Waals surface area contributed by atoms with E-state index in [0.717, 1.165) is 35.5 Å². The number of carbonyl (C=O) groups is 1. The van der Waals surface area contributed by atoms with Crippen LogP contribution in [0.5, 0.6) is 5.75 Å². The molecule has 1 aliphatic heterocycles. The minimum absolute atomic E-state index is 0. The first-order valence-corrected chi connectivity index (χ1v) is 37.4. The third-order valence-electron chi connectivity index (χ3n) is 15.9. The van der Waals surface area contributed by atoms with Crippen molar-refractivity contribution in [3.63, 3.8) is 0 Å². The van der Waals surface area contributed by atoms with E-state index >= 15 is 0 Å². The van der Waals surface area contributed by atoms with Gasteiger partial charge in [-0.2, -0.15) is 0 Å². The molecule has 0 saturated heterocycles. The predicted octanol–water partition coefficient (Wildman–Crippen LogP) is 16.8. The summed E-state index contributed by atoms with van der Waals surface area (Å²) in [5, 5.41) is 25.9. The molecular formula is C88H75NO3P4Pd. The molecule has 4 nitrogen and oxygen atoms in total. The van der Waals surface area contributed by atoms with Crippen LogP contribution in [0.1, 0.15) is 21.5 Å². The SMILES string of the molecule is C=Cc1cc2c(cc1OC)CCn1cc(C(=O)O)cc1-2.[Pd].c1ccc(P(c2ccccc2)c2ccccc2)cc1.c1ccc(P(c2ccccc2)c2ccccc2)cc1.c1ccc(P(c2ccccc2)c2ccccc2)cc1.c1ccc(P(c2ccccc2)c2ccccc2)cc1. The Labute approximate surface area is 591 Å². The Kier molecular flexibility index (Phi) is 26.9. The van der Waals surface area contributed by atoms with Gasteiger partial charge >= 0.3 is 5.97 Å². The fourth-order valence-electron chi connectivity index (χ4n) is 11.4. The van der Waals surface area contributed by atoms with Gasteiger partial charge in [-0.3, -0.25) is 0 Å². The second-order valence-electron chi connectivity index (χ2n) is 22.2. The predicted molar refractivity (Wildman–Crippen MR) is 418 cm³/mol. The van der Waals surface area contributed by atoms with Crippen LogP contribution in [0.25, 0.3) is 17.3 Å². The van der Waals surface area contributed by atoms with Gasteiger partial charge in [0.25, 0.3) is 0 Å². The summed E-state index contributed by atoms with van der Waals surface area (Å²) in [6.45, 7) is 4.58. The summed E-state index contributed by atoms with van der Waals surface area (Å²) in [5.41, 5.74) is 4.41. The number of methoxy groups -OCH3 is 1. The first-order valence-electron chi connectivity index (χ1n) is 32.0. The molecule has 14 aromatic rings. The summed E-state index contributed by atoms with van der Waals surface area (Å²) in [7, 11) is -0.142. The Morgan fingerprint density at radius 3 is 0.763 bits per heavy atom. The molecule has 13 aromatic carbocycles. The van der Waals surface area contributed by atoms with Crippen LogP contribution in [-0.4, -0.2) is 22.8 Å². The number of hydrogen-bond acceptors (Lipinski definition) is 2. The fraction of sp³-hybridized carbons (Fsp3) is 0.0341. The first-order chi connectivity index (χ1) is 47.4. The van der Waals surface area contributed by atoms with Crippen molar-refractivity contribution in [1.82, 2.24) is 4.57 Å². The molecule has 0 unspecified atom stereocenters. The van der Waals surface area contributed by atoms with Crippen LogP contribution in [0.3, 0.4) is 0 Å². The molecule has 0 aliphatic carbocycles. The maximum Gasteiger partial charge on any atom is 0.337 e. The Bertz CT molecular complexity index is 3740. The molecule has 1 aromatic heterocycles. The summed E-state index contributed by atoms with van der Waals surface area (Å²) in [6, 6.07) is 135. The zero-order valence-electron chi connectivity index (χ0n) is 54.0. The number of fused-ring (bicyclic) bond motifs is 3. The Morgan fingerprint density at radius 1 is 0.361 bits per heavy atom. The minimum Gasteiger partial charge on any atom is -0.496 e. The van der Waals surface area contributed by atoms with Gasteiger partial charge in [0, 0.05) is 50.0 Å². The van der Waals surface area contributed by atoms with Crippen molar-refractivity contribution in [2.24, 2.45) is 0 Å². The smallest absolute Gasteiger partial charge is 0.337 e. The van der Waals surface area contributed by atoms with E-state index in [0.29, 0.717) is 5.56 Å². The Hall–Kier alpha value is -9.47. The molecule has 0 radical (unpaired) electrons. The number of hydrogen-bond donors (Lipinski definition) is 1. The third kappa shape index (κ3) is 19.2. The van der Waals surface area contributed by atoms with Crippen molar-refractivity contribution in [2.75, 3.05) is 7.11 Å². The van der Waals surface area contributed by atoms with Crippen LogP contribution in [-0.2, 0) is 33.4 Å². The van der Waals surface area contributed by atoms with Gasteiger partial charge in [-0.25, -0.2) is 4.79 Å². The van der Waals surface area contributed by atoms with Gasteiger partial charge in [0.05, 0.1) is 12.7 Å². The number of aromatic carboxylic acids is 1. The average molecular weight is 1420 g/mol. The van der Waals surface area contributed by atoms with E-state index in [4.69, 9.17) is 9.84 Å². The van der Waals surface area contributed by atoms with E-state index in [-0.39, 0.29) is 20.4 Å². The van der Waals surface area contributed by atoms with Crippen molar-refractivity contribution < 1.29 is 35.1 Å². The molecule has 1 N–H and O–H groups in total. The standard InChI is InChI=1S/4C18H15P.C16H15NO3.Pd/c4*1-4-10-16(11-5-1)19(17-12-6-2-7-13-17)18-14-8-3-9-15-18;1-3-10-6-13-11(8-15(10)20-2)4-5-17-9-12(16(18)19)7-14(13)17;/h4*1-15H;3,6-9H,1,4-5H2,2H3,(H,18,19);. The summed E-state index contributed by atoms with van der Waals surface area (Å²) in [5.74, 6) is -0.0943. The molecule has 0 spiro atoms. The van der Waals surface area contributed by atoms with Crippen molar-refractivity contribution in [3.05, 3.63) is 412 Å². The van der Waals surface area contributed by atoms with Crippen molar-refractivity contribution >= 4 is 107 Å². The van der Waals surface area contributed by atoms with Crippen molar-refractivity contribution in [2.45, 2.75) is 13.0 Å². The number of carboxylic acids is 1. The number of aryl methyl sites for hydroxylation is 2. The van der Waals surface area contributed by atoms with E-state index in [1.165, 1.54) is 69.2 Å². The van der Waals surface area contributed by atoms with E-state index in [1.807, 2.05) is 16.7 Å². The van der Waals surface area contributed by atoms with Gasteiger partial charge in [0.15, 0.2) is 0 Å². The maximum atomic E-state index is 11.1. The zero-order valence-corrected chi connectivity index (χ0v) is 59.1. The number of rotatable bonds is 15. The fourth-order valence-corrected chi connectivity index (χ4v) is 20.6. The van der Waals surface area contributed by atoms with Gasteiger partial charge in [0.1, 0.15) is 5.75 Å². The van der Waals surface area contributed by atoms with Gasteiger partial charge < -0.3 is 14.4 Å². The molecule has 480 valence electrons. The van der Waals surface area contributed by atoms with Crippen molar-refractivity contribution in [1.29, 1.82) is 0 Å². The van der Waals surface area contributed by atoms with Crippen LogP contribution < -0.4 is 68.4 Å². The molecule has 1 aliphatic rings. The number of carboxylic acid groups (broad SMARTS) is 1. The number of nitrogens with zero attached hydrogens (tertiary/aromatic N) is 1. The van der Waals surface area contributed by atoms with Gasteiger partial charge in [0.2, 0.25) is 0 Å². The molecule has 0 amide bonds. The first kappa shape index (κ1) is 70.3. The van der Waals surface area contributed by atoms with Gasteiger partial charge in [-0.15, -0.1) is 0 Å². The second kappa shape index (κ2) is 37.2. The van der Waals surface area contributed by atoms with Crippen LogP contribution in [0.2, 0.25) is 0 Å². The molecule has 0 saturated carbocycles. The summed E-state index contributed by atoms with van der Waals surface area (Å²) < 4.78 is 7.35. The van der Waals surface area contributed by atoms with Crippen LogP contribution >= 0.6 is 31.7 Å².